The molecule has 0 unspecified atom stereocenters. The van der Waals surface area contributed by atoms with Crippen molar-refractivity contribution in [1.29, 1.82) is 0 Å². The molecule has 5 nitrogen and oxygen atoms in total. The fraction of sp³-hybridized carbons (Fsp3) is 0.208. The summed E-state index contributed by atoms with van der Waals surface area (Å²) in [6.07, 6.45) is 0. The first-order valence-corrected chi connectivity index (χ1v) is 11.1. The van der Waals surface area contributed by atoms with Crippen LogP contribution >= 0.6 is 0 Å². The summed E-state index contributed by atoms with van der Waals surface area (Å²) >= 11 is 0. The molecule has 0 aliphatic rings. The molecule has 0 radical (unpaired) electrons. The van der Waals surface area contributed by atoms with E-state index in [1.165, 1.54) is 25.3 Å². The van der Waals surface area contributed by atoms with E-state index >= 15 is 0 Å². The molecule has 0 fully saturated rings. The molecule has 0 heterocycles. The Morgan fingerprint density at radius 2 is 1.61 bits per heavy atom. The third-order valence-corrected chi connectivity index (χ3v) is 6.21. The van der Waals surface area contributed by atoms with Crippen LogP contribution in [0.5, 0.6) is 5.75 Å². The van der Waals surface area contributed by atoms with E-state index in [0.717, 1.165) is 17.7 Å². The molecule has 3 rings (SSSR count). The van der Waals surface area contributed by atoms with Gasteiger partial charge in [0.2, 0.25) is 0 Å². The van der Waals surface area contributed by atoms with Crippen molar-refractivity contribution in [2.75, 3.05) is 11.8 Å². The molecule has 0 spiro atoms. The van der Waals surface area contributed by atoms with Crippen molar-refractivity contribution in [2.24, 2.45) is 0 Å². The van der Waals surface area contributed by atoms with E-state index in [-0.39, 0.29) is 27.5 Å². The minimum Gasteiger partial charge on any atom is -0.495 e. The Morgan fingerprint density at radius 3 is 2.23 bits per heavy atom. The van der Waals surface area contributed by atoms with E-state index in [4.69, 9.17) is 4.74 Å². The smallest absolute Gasteiger partial charge is 0.265 e. The van der Waals surface area contributed by atoms with Gasteiger partial charge in [-0.15, -0.1) is 0 Å². The number of carbonyl (C=O) groups is 1. The number of hydrogen-bond donors (Lipinski definition) is 1. The van der Waals surface area contributed by atoms with Crippen LogP contribution in [0.2, 0.25) is 0 Å². The quantitative estimate of drug-likeness (QED) is 0.536. The molecule has 0 aliphatic heterocycles. The van der Waals surface area contributed by atoms with Gasteiger partial charge in [-0.1, -0.05) is 57.2 Å². The minimum absolute atomic E-state index is 0.0140. The van der Waals surface area contributed by atoms with Crippen molar-refractivity contribution < 1.29 is 22.3 Å². The number of carbonyl (C=O) groups excluding carboxylic acids is 1. The summed E-state index contributed by atoms with van der Waals surface area (Å²) in [5.74, 6) is -0.922. The number of ether oxygens (including phenoxy) is 1. The highest BCUT2D eigenvalue weighted by atomic mass is 32.2. The van der Waals surface area contributed by atoms with Crippen LogP contribution in [0.15, 0.2) is 71.6 Å². The average Bonchev–Trinajstić information content (AvgIpc) is 2.72. The van der Waals surface area contributed by atoms with Crippen molar-refractivity contribution >= 4 is 21.5 Å². The lowest BCUT2D eigenvalue weighted by Crippen LogP contribution is -2.15. The zero-order valence-electron chi connectivity index (χ0n) is 17.8. The SMILES string of the molecule is COc1ccc(F)cc1S(=O)(=O)Nc1cccc(C(=O)c2ccc(C(C)(C)C)cc2)c1. The average molecular weight is 442 g/mol. The van der Waals surface area contributed by atoms with Gasteiger partial charge in [0, 0.05) is 16.8 Å². The lowest BCUT2D eigenvalue weighted by atomic mass is 9.86. The van der Waals surface area contributed by atoms with Crippen LogP contribution in [0.4, 0.5) is 10.1 Å². The maximum absolute atomic E-state index is 13.6. The molecule has 1 N–H and O–H groups in total. The number of sulfonamides is 1. The summed E-state index contributed by atoms with van der Waals surface area (Å²) in [6, 6.07) is 16.7. The van der Waals surface area contributed by atoms with Gasteiger partial charge in [0.1, 0.15) is 16.5 Å². The molecule has 0 amide bonds. The second-order valence-corrected chi connectivity index (χ2v) is 9.79. The molecule has 3 aromatic carbocycles. The first-order valence-electron chi connectivity index (χ1n) is 9.63. The first-order chi connectivity index (χ1) is 14.5. The van der Waals surface area contributed by atoms with Gasteiger partial charge in [0.25, 0.3) is 10.0 Å². The van der Waals surface area contributed by atoms with Gasteiger partial charge in [-0.25, -0.2) is 12.8 Å². The van der Waals surface area contributed by atoms with E-state index in [1.54, 1.807) is 24.3 Å². The van der Waals surface area contributed by atoms with Gasteiger partial charge in [-0.3, -0.25) is 9.52 Å². The van der Waals surface area contributed by atoms with Gasteiger partial charge in [0.05, 0.1) is 7.11 Å². The van der Waals surface area contributed by atoms with Crippen molar-refractivity contribution in [1.82, 2.24) is 0 Å². The molecule has 0 aromatic heterocycles. The maximum Gasteiger partial charge on any atom is 0.265 e. The van der Waals surface area contributed by atoms with E-state index in [0.29, 0.717) is 11.1 Å². The van der Waals surface area contributed by atoms with Crippen molar-refractivity contribution in [3.63, 3.8) is 0 Å². The molecule has 31 heavy (non-hydrogen) atoms. The van der Waals surface area contributed by atoms with Gasteiger partial charge in [0.15, 0.2) is 5.78 Å². The largest absolute Gasteiger partial charge is 0.495 e. The summed E-state index contributed by atoms with van der Waals surface area (Å²) in [7, 11) is -2.83. The summed E-state index contributed by atoms with van der Waals surface area (Å²) in [5.41, 5.74) is 2.09. The number of rotatable bonds is 6. The Labute approximate surface area is 181 Å². The predicted molar refractivity (Wildman–Crippen MR) is 119 cm³/mol. The number of hydrogen-bond acceptors (Lipinski definition) is 4. The molecule has 162 valence electrons. The summed E-state index contributed by atoms with van der Waals surface area (Å²) in [5, 5.41) is 0. The number of halogens is 1. The zero-order valence-corrected chi connectivity index (χ0v) is 18.6. The highest BCUT2D eigenvalue weighted by Gasteiger charge is 2.21. The normalized spacial score (nSPS) is 11.8. The van der Waals surface area contributed by atoms with E-state index in [2.05, 4.69) is 25.5 Å². The van der Waals surface area contributed by atoms with Gasteiger partial charge >= 0.3 is 0 Å². The number of anilines is 1. The third-order valence-electron chi connectivity index (χ3n) is 4.81. The Hall–Kier alpha value is -3.19. The molecular formula is C24H24FNO4S. The number of ketones is 1. The Bertz CT molecular complexity index is 1210. The topological polar surface area (TPSA) is 72.5 Å². The second kappa shape index (κ2) is 8.51. The number of methoxy groups -OCH3 is 1. The Morgan fingerprint density at radius 1 is 0.935 bits per heavy atom. The molecular weight excluding hydrogens is 417 g/mol. The number of nitrogens with one attached hydrogen (secondary N) is 1. The van der Waals surface area contributed by atoms with Crippen LogP contribution in [0, 0.1) is 5.82 Å². The Kier molecular flexibility index (Phi) is 6.18. The van der Waals surface area contributed by atoms with E-state index in [9.17, 15) is 17.6 Å². The first kappa shape index (κ1) is 22.5. The predicted octanol–water partition coefficient (Wildman–Crippen LogP) is 5.16. The lowest BCUT2D eigenvalue weighted by Gasteiger charge is -2.19. The Balaban J connectivity index is 1.88. The third kappa shape index (κ3) is 5.11. The summed E-state index contributed by atoms with van der Waals surface area (Å²) in [4.78, 5) is 12.6. The molecule has 0 saturated heterocycles. The van der Waals surface area contributed by atoms with Crippen molar-refractivity contribution in [3.05, 3.63) is 89.2 Å². The second-order valence-electron chi connectivity index (χ2n) is 8.14. The highest BCUT2D eigenvalue weighted by molar-refractivity contribution is 7.92. The van der Waals surface area contributed by atoms with Crippen molar-refractivity contribution in [2.45, 2.75) is 31.1 Å². The number of benzene rings is 3. The van der Waals surface area contributed by atoms with Crippen LogP contribution in [0.1, 0.15) is 42.3 Å². The molecule has 0 aliphatic carbocycles. The summed E-state index contributed by atoms with van der Waals surface area (Å²) in [6.45, 7) is 6.27. The van der Waals surface area contributed by atoms with Crippen LogP contribution in [-0.2, 0) is 15.4 Å². The van der Waals surface area contributed by atoms with Gasteiger partial charge in [-0.2, -0.15) is 0 Å². The maximum atomic E-state index is 13.6. The van der Waals surface area contributed by atoms with Gasteiger partial charge < -0.3 is 4.74 Å². The van der Waals surface area contributed by atoms with Crippen molar-refractivity contribution in [3.8, 4) is 5.75 Å². The highest BCUT2D eigenvalue weighted by Crippen LogP contribution is 2.27. The van der Waals surface area contributed by atoms with Crippen LogP contribution in [-0.4, -0.2) is 21.3 Å². The summed E-state index contributed by atoms with van der Waals surface area (Å²) < 4.78 is 46.6. The minimum atomic E-state index is -4.13. The van der Waals surface area contributed by atoms with E-state index < -0.39 is 15.8 Å². The zero-order chi connectivity index (χ0) is 22.8. The molecule has 0 bridgehead atoms. The van der Waals surface area contributed by atoms with Crippen LogP contribution in [0.25, 0.3) is 0 Å². The van der Waals surface area contributed by atoms with Gasteiger partial charge in [-0.05, 0) is 41.3 Å². The monoisotopic (exact) mass is 441 g/mol. The van der Waals surface area contributed by atoms with Crippen LogP contribution in [0.3, 0.4) is 0 Å². The molecule has 0 atom stereocenters. The molecule has 7 heteroatoms. The fourth-order valence-corrected chi connectivity index (χ4v) is 4.31. The lowest BCUT2D eigenvalue weighted by molar-refractivity contribution is 0.103. The fourth-order valence-electron chi connectivity index (χ4n) is 3.08. The standard InChI is InChI=1S/C24H24FNO4S/c1-24(2,3)18-10-8-16(9-11-18)23(27)17-6-5-7-20(14-17)26-31(28,29)22-15-19(25)12-13-21(22)30-4/h5-15,26H,1-4H3. The molecule has 3 aromatic rings. The van der Waals surface area contributed by atoms with E-state index in [1.807, 2.05) is 12.1 Å². The van der Waals surface area contributed by atoms with Crippen LogP contribution < -0.4 is 9.46 Å². The molecule has 0 saturated carbocycles.